The van der Waals surface area contributed by atoms with Crippen molar-refractivity contribution in [2.24, 2.45) is 0 Å². The molecule has 2 aromatic rings. The minimum absolute atomic E-state index is 0.0407. The smallest absolute Gasteiger partial charge is 0.0796 e. The Hall–Kier alpha value is -1.81. The van der Waals surface area contributed by atoms with Crippen LogP contribution in [0.25, 0.3) is 5.69 Å². The third kappa shape index (κ3) is 2.75. The molecule has 0 saturated carbocycles. The van der Waals surface area contributed by atoms with E-state index in [1.165, 1.54) is 22.6 Å². The van der Waals surface area contributed by atoms with Gasteiger partial charge in [0.25, 0.3) is 0 Å². The normalized spacial score (nSPS) is 16.1. The molecule has 4 heteroatoms. The minimum atomic E-state index is 0.0407. The Morgan fingerprint density at radius 2 is 1.73 bits per heavy atom. The van der Waals surface area contributed by atoms with Crippen LogP contribution in [-0.4, -0.2) is 36.0 Å². The van der Waals surface area contributed by atoms with Crippen LogP contribution in [0.4, 0.5) is 5.69 Å². The number of nitrogens with zero attached hydrogens (tertiary/aromatic N) is 3. The molecule has 2 heterocycles. The number of aryl methyl sites for hydroxylation is 1. The van der Waals surface area contributed by atoms with Crippen molar-refractivity contribution in [1.82, 2.24) is 15.1 Å². The summed E-state index contributed by atoms with van der Waals surface area (Å²) in [5, 5.41) is 8.16. The van der Waals surface area contributed by atoms with Crippen LogP contribution in [0.1, 0.15) is 32.0 Å². The first-order valence-electron chi connectivity index (χ1n) is 8.08. The molecule has 1 N–H and O–H groups in total. The molecule has 4 nitrogen and oxygen atoms in total. The first kappa shape index (κ1) is 15.1. The number of hydrogen-bond acceptors (Lipinski definition) is 3. The van der Waals surface area contributed by atoms with Crippen molar-refractivity contribution in [3.8, 4) is 5.69 Å². The SMILES string of the molecule is Cc1ccccc1-n1ncc(N2CCNCC2)c1C(C)(C)C. The van der Waals surface area contributed by atoms with Crippen molar-refractivity contribution in [2.45, 2.75) is 33.1 Å². The number of anilines is 1. The molecule has 0 bridgehead atoms. The van der Waals surface area contributed by atoms with Gasteiger partial charge in [0, 0.05) is 31.6 Å². The van der Waals surface area contributed by atoms with E-state index in [1.54, 1.807) is 0 Å². The molecule has 22 heavy (non-hydrogen) atoms. The van der Waals surface area contributed by atoms with E-state index in [2.05, 4.69) is 66.9 Å². The number of benzene rings is 1. The summed E-state index contributed by atoms with van der Waals surface area (Å²) in [6, 6.07) is 8.46. The van der Waals surface area contributed by atoms with Gasteiger partial charge in [-0.3, -0.25) is 0 Å². The molecule has 1 aromatic carbocycles. The van der Waals surface area contributed by atoms with Gasteiger partial charge in [0.05, 0.1) is 23.3 Å². The molecule has 1 saturated heterocycles. The molecule has 0 unspecified atom stereocenters. The number of para-hydroxylation sites is 1. The van der Waals surface area contributed by atoms with Gasteiger partial charge in [-0.25, -0.2) is 4.68 Å². The zero-order valence-corrected chi connectivity index (χ0v) is 14.1. The Morgan fingerprint density at radius 1 is 1.05 bits per heavy atom. The number of aromatic nitrogens is 2. The molecule has 0 aliphatic carbocycles. The van der Waals surface area contributed by atoms with Gasteiger partial charge in [-0.1, -0.05) is 39.0 Å². The Bertz CT molecular complexity index is 645. The predicted molar refractivity (Wildman–Crippen MR) is 92.1 cm³/mol. The van der Waals surface area contributed by atoms with Crippen LogP contribution in [0, 0.1) is 6.92 Å². The van der Waals surface area contributed by atoms with Crippen LogP contribution in [0.15, 0.2) is 30.5 Å². The van der Waals surface area contributed by atoms with Crippen molar-refractivity contribution in [3.63, 3.8) is 0 Å². The zero-order chi connectivity index (χ0) is 15.7. The fourth-order valence-electron chi connectivity index (χ4n) is 3.16. The predicted octanol–water partition coefficient (Wildman–Crippen LogP) is 2.89. The van der Waals surface area contributed by atoms with Crippen LogP contribution >= 0.6 is 0 Å². The zero-order valence-electron chi connectivity index (χ0n) is 14.1. The first-order chi connectivity index (χ1) is 10.5. The third-order valence-corrected chi connectivity index (χ3v) is 4.26. The van der Waals surface area contributed by atoms with Gasteiger partial charge in [-0.15, -0.1) is 0 Å². The van der Waals surface area contributed by atoms with Gasteiger partial charge >= 0.3 is 0 Å². The van der Waals surface area contributed by atoms with E-state index in [-0.39, 0.29) is 5.41 Å². The summed E-state index contributed by atoms with van der Waals surface area (Å²) in [6.45, 7) is 13.1. The number of nitrogens with one attached hydrogen (secondary N) is 1. The van der Waals surface area contributed by atoms with Gasteiger partial charge in [0.1, 0.15) is 0 Å². The molecule has 0 amide bonds. The summed E-state index contributed by atoms with van der Waals surface area (Å²) in [5.74, 6) is 0. The average molecular weight is 298 g/mol. The van der Waals surface area contributed by atoms with Crippen LogP contribution in [-0.2, 0) is 5.41 Å². The summed E-state index contributed by atoms with van der Waals surface area (Å²) < 4.78 is 2.13. The topological polar surface area (TPSA) is 33.1 Å². The molecular formula is C18H26N4. The molecule has 1 aromatic heterocycles. The third-order valence-electron chi connectivity index (χ3n) is 4.26. The van der Waals surface area contributed by atoms with E-state index < -0.39 is 0 Å². The summed E-state index contributed by atoms with van der Waals surface area (Å²) >= 11 is 0. The fourth-order valence-corrected chi connectivity index (χ4v) is 3.16. The molecule has 1 aliphatic rings. The largest absolute Gasteiger partial charge is 0.366 e. The van der Waals surface area contributed by atoms with E-state index in [1.807, 2.05) is 6.20 Å². The van der Waals surface area contributed by atoms with Crippen LogP contribution < -0.4 is 10.2 Å². The second-order valence-corrected chi connectivity index (χ2v) is 7.06. The molecule has 3 rings (SSSR count). The quantitative estimate of drug-likeness (QED) is 0.925. The molecule has 1 fully saturated rings. The summed E-state index contributed by atoms with van der Waals surface area (Å²) in [4.78, 5) is 2.46. The van der Waals surface area contributed by atoms with Gasteiger partial charge in [-0.2, -0.15) is 5.10 Å². The van der Waals surface area contributed by atoms with E-state index in [9.17, 15) is 0 Å². The highest BCUT2D eigenvalue weighted by Gasteiger charge is 2.28. The van der Waals surface area contributed by atoms with E-state index in [0.29, 0.717) is 0 Å². The lowest BCUT2D eigenvalue weighted by molar-refractivity contribution is 0.533. The second-order valence-electron chi connectivity index (χ2n) is 7.06. The van der Waals surface area contributed by atoms with E-state index >= 15 is 0 Å². The molecular weight excluding hydrogens is 272 g/mol. The van der Waals surface area contributed by atoms with Crippen molar-refractivity contribution in [2.75, 3.05) is 31.1 Å². The average Bonchev–Trinajstić information content (AvgIpc) is 2.93. The second kappa shape index (κ2) is 5.76. The summed E-state index contributed by atoms with van der Waals surface area (Å²) in [6.07, 6.45) is 2.04. The molecule has 0 atom stereocenters. The monoisotopic (exact) mass is 298 g/mol. The Morgan fingerprint density at radius 3 is 2.36 bits per heavy atom. The lowest BCUT2D eigenvalue weighted by Gasteiger charge is -2.32. The van der Waals surface area contributed by atoms with Crippen molar-refractivity contribution in [1.29, 1.82) is 0 Å². The van der Waals surface area contributed by atoms with Gasteiger partial charge in [0.15, 0.2) is 0 Å². The number of rotatable bonds is 2. The number of piperazine rings is 1. The van der Waals surface area contributed by atoms with E-state index in [4.69, 9.17) is 5.10 Å². The summed E-state index contributed by atoms with van der Waals surface area (Å²) in [5.41, 5.74) is 5.04. The molecule has 0 radical (unpaired) electrons. The number of hydrogen-bond donors (Lipinski definition) is 1. The van der Waals surface area contributed by atoms with Crippen molar-refractivity contribution < 1.29 is 0 Å². The lowest BCUT2D eigenvalue weighted by Crippen LogP contribution is -2.44. The van der Waals surface area contributed by atoms with Crippen molar-refractivity contribution >= 4 is 5.69 Å². The van der Waals surface area contributed by atoms with Crippen molar-refractivity contribution in [3.05, 3.63) is 41.7 Å². The first-order valence-corrected chi connectivity index (χ1v) is 8.08. The maximum atomic E-state index is 4.74. The molecule has 118 valence electrons. The summed E-state index contributed by atoms with van der Waals surface area (Å²) in [7, 11) is 0. The highest BCUT2D eigenvalue weighted by Crippen LogP contribution is 2.34. The fraction of sp³-hybridized carbons (Fsp3) is 0.500. The maximum Gasteiger partial charge on any atom is 0.0796 e. The lowest BCUT2D eigenvalue weighted by atomic mass is 9.90. The minimum Gasteiger partial charge on any atom is -0.366 e. The van der Waals surface area contributed by atoms with Crippen LogP contribution in [0.2, 0.25) is 0 Å². The van der Waals surface area contributed by atoms with E-state index in [0.717, 1.165) is 26.2 Å². The molecule has 0 spiro atoms. The Labute approximate surface area is 133 Å². The highest BCUT2D eigenvalue weighted by atomic mass is 15.3. The van der Waals surface area contributed by atoms with Gasteiger partial charge < -0.3 is 10.2 Å². The molecule has 1 aliphatic heterocycles. The van der Waals surface area contributed by atoms with Gasteiger partial charge in [0.2, 0.25) is 0 Å². The Balaban J connectivity index is 2.12. The van der Waals surface area contributed by atoms with Crippen LogP contribution in [0.5, 0.6) is 0 Å². The van der Waals surface area contributed by atoms with Crippen LogP contribution in [0.3, 0.4) is 0 Å². The Kier molecular flexibility index (Phi) is 3.96. The van der Waals surface area contributed by atoms with Gasteiger partial charge in [-0.05, 0) is 18.6 Å². The standard InChI is InChI=1S/C18H26N4/c1-14-7-5-6-8-15(14)22-17(18(2,3)4)16(13-20-22)21-11-9-19-10-12-21/h5-8,13,19H,9-12H2,1-4H3. The maximum absolute atomic E-state index is 4.74. The highest BCUT2D eigenvalue weighted by molar-refractivity contribution is 5.56.